The maximum absolute atomic E-state index is 14.0. The van der Waals surface area contributed by atoms with E-state index >= 15 is 0 Å². The first-order valence-electron chi connectivity index (χ1n) is 12.2. The summed E-state index contributed by atoms with van der Waals surface area (Å²) in [6.07, 6.45) is -0.744. The van der Waals surface area contributed by atoms with Gasteiger partial charge in [0.15, 0.2) is 0 Å². The average molecular weight is 541 g/mol. The largest absolute Gasteiger partial charge is 0.390 e. The molecule has 0 aliphatic rings. The number of nitrogens with one attached hydrogen (secondary N) is 1. The molecule has 0 aromatic heterocycles. The Balaban J connectivity index is 2.48. The minimum absolute atomic E-state index is 0.0537. The third-order valence-corrected chi connectivity index (χ3v) is 8.10. The van der Waals surface area contributed by atoms with Gasteiger partial charge in [0.05, 0.1) is 12.1 Å². The molecule has 4 N–H and O–H groups in total. The van der Waals surface area contributed by atoms with Gasteiger partial charge in [-0.2, -0.15) is 17.0 Å². The van der Waals surface area contributed by atoms with Crippen molar-refractivity contribution in [3.05, 3.63) is 70.8 Å². The first kappa shape index (κ1) is 30.8. The van der Waals surface area contributed by atoms with Crippen molar-refractivity contribution in [3.63, 3.8) is 0 Å². The van der Waals surface area contributed by atoms with Gasteiger partial charge in [0.2, 0.25) is 5.91 Å². The van der Waals surface area contributed by atoms with E-state index in [1.807, 2.05) is 31.2 Å². The summed E-state index contributed by atoms with van der Waals surface area (Å²) in [5.41, 5.74) is 7.89. The molecule has 0 spiro atoms. The third-order valence-electron chi connectivity index (χ3n) is 6.15. The zero-order valence-electron chi connectivity index (χ0n) is 22.0. The number of nitrogens with zero attached hydrogens (tertiary/aromatic N) is 2. The van der Waals surface area contributed by atoms with Crippen molar-refractivity contribution in [2.75, 3.05) is 20.6 Å². The molecule has 1 unspecified atom stereocenters. The molecule has 1 amide bonds. The van der Waals surface area contributed by atoms with Crippen molar-refractivity contribution in [2.45, 2.75) is 58.3 Å². The Morgan fingerprint density at radius 2 is 1.65 bits per heavy atom. The second-order valence-corrected chi connectivity index (χ2v) is 11.7. The van der Waals surface area contributed by atoms with Gasteiger partial charge in [-0.25, -0.2) is 8.78 Å². The molecule has 0 aliphatic carbocycles. The van der Waals surface area contributed by atoms with E-state index in [0.717, 1.165) is 38.3 Å². The maximum atomic E-state index is 14.0. The van der Waals surface area contributed by atoms with Gasteiger partial charge >= 0.3 is 0 Å². The molecule has 0 saturated heterocycles. The first-order valence-corrected chi connectivity index (χ1v) is 13.6. The van der Waals surface area contributed by atoms with E-state index in [1.165, 1.54) is 14.1 Å². The van der Waals surface area contributed by atoms with Crippen LogP contribution in [0.25, 0.3) is 0 Å². The third kappa shape index (κ3) is 8.27. The fourth-order valence-corrected chi connectivity index (χ4v) is 5.85. The van der Waals surface area contributed by atoms with Crippen LogP contribution in [0.5, 0.6) is 0 Å². The average Bonchev–Trinajstić information content (AvgIpc) is 2.79. The molecule has 0 heterocycles. The van der Waals surface area contributed by atoms with Crippen LogP contribution in [-0.2, 0) is 34.4 Å². The highest BCUT2D eigenvalue weighted by Crippen LogP contribution is 2.26. The van der Waals surface area contributed by atoms with Crippen LogP contribution in [0.15, 0.2) is 42.5 Å². The van der Waals surface area contributed by atoms with Crippen LogP contribution < -0.4 is 11.1 Å². The molecule has 2 aromatic rings. The van der Waals surface area contributed by atoms with E-state index < -0.39 is 51.9 Å². The summed E-state index contributed by atoms with van der Waals surface area (Å²) >= 11 is 0. The van der Waals surface area contributed by atoms with E-state index in [0.29, 0.717) is 12.6 Å². The van der Waals surface area contributed by atoms with Crippen LogP contribution in [0.3, 0.4) is 0 Å². The van der Waals surface area contributed by atoms with E-state index in [4.69, 9.17) is 5.73 Å². The first-order chi connectivity index (χ1) is 17.3. The highest BCUT2D eigenvalue weighted by Gasteiger charge is 2.44. The Bertz CT molecular complexity index is 1140. The number of aliphatic hydroxyl groups is 1. The number of carbonyl (C=O) groups excluding carboxylic acids is 1. The monoisotopic (exact) mass is 540 g/mol. The molecule has 0 aliphatic heterocycles. The van der Waals surface area contributed by atoms with Crippen LogP contribution in [0.1, 0.15) is 37.5 Å². The van der Waals surface area contributed by atoms with Crippen LogP contribution >= 0.6 is 0 Å². The van der Waals surface area contributed by atoms with Gasteiger partial charge in [-0.15, -0.1) is 0 Å². The second-order valence-electron chi connectivity index (χ2n) is 9.63. The Morgan fingerprint density at radius 1 is 1.05 bits per heavy atom. The lowest BCUT2D eigenvalue weighted by atomic mass is 9.96. The van der Waals surface area contributed by atoms with Gasteiger partial charge in [0.25, 0.3) is 10.2 Å². The minimum atomic E-state index is -4.31. The van der Waals surface area contributed by atoms with Crippen LogP contribution in [0, 0.1) is 17.6 Å². The Labute approximate surface area is 218 Å². The Morgan fingerprint density at radius 3 is 2.16 bits per heavy atom. The zero-order chi connectivity index (χ0) is 27.9. The summed E-state index contributed by atoms with van der Waals surface area (Å²) in [5.74, 6) is -3.12. The molecule has 11 heteroatoms. The lowest BCUT2D eigenvalue weighted by Crippen LogP contribution is -2.62. The number of carbonyl (C=O) groups is 1. The minimum Gasteiger partial charge on any atom is -0.390 e. The molecule has 0 fully saturated rings. The molecule has 37 heavy (non-hydrogen) atoms. The molecular weight excluding hydrogens is 502 g/mol. The number of hydrogen-bond acceptors (Lipinski definition) is 5. The van der Waals surface area contributed by atoms with Gasteiger partial charge in [-0.05, 0) is 47.6 Å². The number of rotatable bonds is 14. The molecular formula is C26H38F2N4O4S. The fraction of sp³-hybridized carbons (Fsp3) is 0.500. The zero-order valence-corrected chi connectivity index (χ0v) is 22.8. The maximum Gasteiger partial charge on any atom is 0.282 e. The number of primary amides is 1. The molecule has 0 saturated carbocycles. The smallest absolute Gasteiger partial charge is 0.282 e. The highest BCUT2D eigenvalue weighted by atomic mass is 32.2. The Hall–Kier alpha value is -2.44. The number of aliphatic hydroxyl groups excluding tert-OH is 1. The van der Waals surface area contributed by atoms with Crippen molar-refractivity contribution in [3.8, 4) is 0 Å². The van der Waals surface area contributed by atoms with Crippen molar-refractivity contribution in [1.29, 1.82) is 0 Å². The summed E-state index contributed by atoms with van der Waals surface area (Å²) in [5, 5.41) is 14.4. The lowest BCUT2D eigenvalue weighted by molar-refractivity contribution is -0.124. The summed E-state index contributed by atoms with van der Waals surface area (Å²) in [6.45, 7) is 5.66. The molecule has 206 valence electrons. The van der Waals surface area contributed by atoms with E-state index in [2.05, 4.69) is 5.32 Å². The molecule has 2 rings (SSSR count). The van der Waals surface area contributed by atoms with Crippen molar-refractivity contribution in [2.24, 2.45) is 11.7 Å². The standard InChI is InChI=1S/C26H38F2N4O4S/c1-6-18-8-7-9-19(10-18)15-30-16-24(33)23(13-20-11-21(27)14-22(28)12-20)32(37(35,36)31(4)5)25(17(2)3)26(29)34/h7-12,14,17,23-25,30,33H,6,13,15-16H2,1-5H3,(H2,29,34)/t23-,24+,25?/m0/s1. The van der Waals surface area contributed by atoms with Crippen LogP contribution in [0.4, 0.5) is 8.78 Å². The highest BCUT2D eigenvalue weighted by molar-refractivity contribution is 7.86. The molecule has 0 bridgehead atoms. The summed E-state index contributed by atoms with van der Waals surface area (Å²) in [4.78, 5) is 12.5. The number of benzene rings is 2. The summed E-state index contributed by atoms with van der Waals surface area (Å²) in [7, 11) is -1.72. The molecule has 8 nitrogen and oxygen atoms in total. The number of nitrogens with two attached hydrogens (primary N) is 1. The van der Waals surface area contributed by atoms with Gasteiger partial charge in [0, 0.05) is 33.3 Å². The lowest BCUT2D eigenvalue weighted by Gasteiger charge is -2.40. The van der Waals surface area contributed by atoms with Crippen LogP contribution in [0.2, 0.25) is 0 Å². The van der Waals surface area contributed by atoms with Crippen molar-refractivity contribution < 1.29 is 27.1 Å². The van der Waals surface area contributed by atoms with E-state index in [-0.39, 0.29) is 18.5 Å². The second kappa shape index (κ2) is 13.4. The van der Waals surface area contributed by atoms with E-state index in [9.17, 15) is 27.1 Å². The molecule has 0 radical (unpaired) electrons. The Kier molecular flexibility index (Phi) is 11.1. The van der Waals surface area contributed by atoms with Crippen LogP contribution in [-0.4, -0.2) is 66.9 Å². The normalized spacial score (nSPS) is 14.8. The number of halogens is 2. The topological polar surface area (TPSA) is 116 Å². The molecule has 3 atom stereocenters. The van der Waals surface area contributed by atoms with E-state index in [1.54, 1.807) is 13.8 Å². The van der Waals surface area contributed by atoms with Gasteiger partial charge in [-0.3, -0.25) is 4.79 Å². The van der Waals surface area contributed by atoms with Gasteiger partial charge in [0.1, 0.15) is 17.7 Å². The predicted octanol–water partition coefficient (Wildman–Crippen LogP) is 2.21. The molecule has 2 aromatic carbocycles. The predicted molar refractivity (Wildman–Crippen MR) is 140 cm³/mol. The number of hydrogen-bond donors (Lipinski definition) is 3. The van der Waals surface area contributed by atoms with Crippen molar-refractivity contribution >= 4 is 16.1 Å². The SMILES string of the molecule is CCc1cccc(CNC[C@@H](O)[C@H](Cc2cc(F)cc(F)c2)N(C(C(N)=O)C(C)C)S(=O)(=O)N(C)C)c1. The summed E-state index contributed by atoms with van der Waals surface area (Å²) in [6, 6.07) is 8.16. The quantitative estimate of drug-likeness (QED) is 0.340. The number of amides is 1. The fourth-order valence-electron chi connectivity index (χ4n) is 4.28. The van der Waals surface area contributed by atoms with Gasteiger partial charge in [-0.1, -0.05) is 45.0 Å². The number of aryl methyl sites for hydroxylation is 1. The summed E-state index contributed by atoms with van der Waals surface area (Å²) < 4.78 is 56.7. The van der Waals surface area contributed by atoms with Crippen molar-refractivity contribution in [1.82, 2.24) is 13.9 Å². The van der Waals surface area contributed by atoms with Gasteiger partial charge < -0.3 is 16.2 Å².